The van der Waals surface area contributed by atoms with E-state index in [0.29, 0.717) is 25.7 Å². The first-order valence-electron chi connectivity index (χ1n) is 10.9. The fourth-order valence-electron chi connectivity index (χ4n) is 3.26. The Hall–Kier alpha value is -3.81. The molecule has 0 fully saturated rings. The molecule has 1 aromatic carbocycles. The van der Waals surface area contributed by atoms with E-state index in [1.165, 1.54) is 24.2 Å². The number of benzene rings is 1. The van der Waals surface area contributed by atoms with Gasteiger partial charge < -0.3 is 10.2 Å². The van der Waals surface area contributed by atoms with Gasteiger partial charge in [-0.1, -0.05) is 0 Å². The smallest absolute Gasteiger partial charge is 0.383 e. The highest BCUT2D eigenvalue weighted by Crippen LogP contribution is 2.31. The molecule has 2 aromatic heterocycles. The SMILES string of the molecule is CSc1cnc(-c2cc(N=CN(C)CCCCNc3cn[nH]c(=O)c3C(F)(F)F)c(C=O)cc2F)nc1. The first-order valence-corrected chi connectivity index (χ1v) is 12.1. The molecule has 0 unspecified atom stereocenters. The van der Waals surface area contributed by atoms with Crippen molar-refractivity contribution in [3.05, 3.63) is 58.0 Å². The van der Waals surface area contributed by atoms with Gasteiger partial charge in [0.1, 0.15) is 11.4 Å². The highest BCUT2D eigenvalue weighted by atomic mass is 32.2. The van der Waals surface area contributed by atoms with E-state index in [9.17, 15) is 27.2 Å². The summed E-state index contributed by atoms with van der Waals surface area (Å²) in [5.74, 6) is -0.488. The van der Waals surface area contributed by atoms with E-state index in [2.05, 4.69) is 25.4 Å². The monoisotopic (exact) mass is 537 g/mol. The van der Waals surface area contributed by atoms with Crippen molar-refractivity contribution in [2.75, 3.05) is 31.7 Å². The molecule has 0 atom stereocenters. The third kappa shape index (κ3) is 7.35. The Labute approximate surface area is 213 Å². The van der Waals surface area contributed by atoms with Crippen molar-refractivity contribution in [2.24, 2.45) is 4.99 Å². The molecule has 0 radical (unpaired) electrons. The number of anilines is 1. The Balaban J connectivity index is 1.59. The van der Waals surface area contributed by atoms with Crippen LogP contribution < -0.4 is 10.9 Å². The van der Waals surface area contributed by atoms with Crippen molar-refractivity contribution in [3.63, 3.8) is 0 Å². The largest absolute Gasteiger partial charge is 0.423 e. The normalized spacial score (nSPS) is 11.6. The molecule has 0 aliphatic carbocycles. The molecule has 0 saturated heterocycles. The highest BCUT2D eigenvalue weighted by Gasteiger charge is 2.37. The molecule has 2 heterocycles. The van der Waals surface area contributed by atoms with Gasteiger partial charge >= 0.3 is 6.18 Å². The van der Waals surface area contributed by atoms with Crippen LogP contribution in [0.15, 0.2) is 45.4 Å². The zero-order valence-electron chi connectivity index (χ0n) is 19.8. The topological polar surface area (TPSA) is 116 Å². The number of hydrogen-bond donors (Lipinski definition) is 2. The van der Waals surface area contributed by atoms with Gasteiger partial charge in [-0.25, -0.2) is 24.4 Å². The number of aromatic nitrogens is 4. The molecule has 9 nitrogen and oxygen atoms in total. The number of carbonyl (C=O) groups is 1. The van der Waals surface area contributed by atoms with Gasteiger partial charge in [-0.2, -0.15) is 18.3 Å². The summed E-state index contributed by atoms with van der Waals surface area (Å²) in [5, 5.41) is 7.79. The van der Waals surface area contributed by atoms with Crippen LogP contribution in [0.1, 0.15) is 28.8 Å². The minimum absolute atomic E-state index is 0.0581. The van der Waals surface area contributed by atoms with Crippen molar-refractivity contribution in [1.29, 1.82) is 0 Å². The van der Waals surface area contributed by atoms with Crippen molar-refractivity contribution in [1.82, 2.24) is 25.1 Å². The molecule has 14 heteroatoms. The zero-order valence-corrected chi connectivity index (χ0v) is 20.7. The number of alkyl halides is 3. The average molecular weight is 538 g/mol. The Morgan fingerprint density at radius 3 is 2.57 bits per heavy atom. The third-order valence-corrected chi connectivity index (χ3v) is 5.82. The van der Waals surface area contributed by atoms with E-state index < -0.39 is 23.1 Å². The first kappa shape index (κ1) is 27.8. The van der Waals surface area contributed by atoms with Crippen molar-refractivity contribution in [2.45, 2.75) is 23.9 Å². The van der Waals surface area contributed by atoms with E-state index in [1.54, 1.807) is 29.4 Å². The number of aliphatic imine (C=N–C) groups is 1. The number of hydrogen-bond acceptors (Lipinski definition) is 8. The molecule has 2 N–H and O–H groups in total. The summed E-state index contributed by atoms with van der Waals surface area (Å²) in [6.07, 6.45) is 4.17. The molecular formula is C23H23F4N7O2S. The van der Waals surface area contributed by atoms with Crippen LogP contribution in [0.2, 0.25) is 0 Å². The number of thioether (sulfide) groups is 1. The van der Waals surface area contributed by atoms with Crippen molar-refractivity contribution < 1.29 is 22.4 Å². The summed E-state index contributed by atoms with van der Waals surface area (Å²) >= 11 is 1.45. The standard InChI is InChI=1S/C23H23F4N7O2S/c1-34(6-4-3-5-28-19-11-32-33-22(36)20(19)23(25,26)27)13-31-18-8-16(17(24)7-14(18)12-35)21-29-9-15(37-2)10-30-21/h7-13H,3-6H2,1-2H3,(H2,28,33,36). The minimum Gasteiger partial charge on any atom is -0.383 e. The lowest BCUT2D eigenvalue weighted by molar-refractivity contribution is -0.138. The van der Waals surface area contributed by atoms with Gasteiger partial charge in [0.15, 0.2) is 12.1 Å². The molecule has 0 saturated carbocycles. The first-order chi connectivity index (χ1) is 17.6. The summed E-state index contributed by atoms with van der Waals surface area (Å²) in [7, 11) is 1.73. The van der Waals surface area contributed by atoms with Crippen molar-refractivity contribution in [3.8, 4) is 11.4 Å². The van der Waals surface area contributed by atoms with Gasteiger partial charge in [0.05, 0.1) is 29.5 Å². The van der Waals surface area contributed by atoms with Crippen LogP contribution in [0.4, 0.5) is 28.9 Å². The Morgan fingerprint density at radius 1 is 1.19 bits per heavy atom. The predicted molar refractivity (Wildman–Crippen MR) is 133 cm³/mol. The Bertz CT molecular complexity index is 1310. The number of nitrogens with zero attached hydrogens (tertiary/aromatic N) is 5. The van der Waals surface area contributed by atoms with Gasteiger partial charge in [0.2, 0.25) is 0 Å². The number of rotatable bonds is 11. The van der Waals surface area contributed by atoms with Crippen LogP contribution in [0.25, 0.3) is 11.4 Å². The average Bonchev–Trinajstić information content (AvgIpc) is 2.86. The molecule has 0 bridgehead atoms. The quantitative estimate of drug-likeness (QED) is 0.0924. The lowest BCUT2D eigenvalue weighted by atomic mass is 10.1. The number of unbranched alkanes of at least 4 members (excludes halogenated alkanes) is 1. The molecule has 0 aliphatic rings. The fraction of sp³-hybridized carbons (Fsp3) is 0.304. The predicted octanol–water partition coefficient (Wildman–Crippen LogP) is 4.40. The Kier molecular flexibility index (Phi) is 9.33. The lowest BCUT2D eigenvalue weighted by Gasteiger charge is -2.15. The fourth-order valence-corrected chi connectivity index (χ4v) is 3.57. The van der Waals surface area contributed by atoms with E-state index >= 15 is 0 Å². The second-order valence-electron chi connectivity index (χ2n) is 7.80. The van der Waals surface area contributed by atoms with Crippen LogP contribution in [-0.2, 0) is 6.18 Å². The van der Waals surface area contributed by atoms with Gasteiger partial charge in [0.25, 0.3) is 5.56 Å². The van der Waals surface area contributed by atoms with Crippen LogP contribution in [0.3, 0.4) is 0 Å². The van der Waals surface area contributed by atoms with Crippen molar-refractivity contribution >= 4 is 35.8 Å². The zero-order chi connectivity index (χ0) is 27.0. The minimum atomic E-state index is -4.81. The number of carbonyl (C=O) groups excluding carboxylic acids is 1. The summed E-state index contributed by atoms with van der Waals surface area (Å²) < 4.78 is 53.8. The van der Waals surface area contributed by atoms with Crippen LogP contribution in [0, 0.1) is 5.82 Å². The maximum absolute atomic E-state index is 14.6. The maximum Gasteiger partial charge on any atom is 0.423 e. The third-order valence-electron chi connectivity index (χ3n) is 5.13. The van der Waals surface area contributed by atoms with E-state index in [-0.39, 0.29) is 34.9 Å². The summed E-state index contributed by atoms with van der Waals surface area (Å²) in [6.45, 7) is 0.680. The maximum atomic E-state index is 14.6. The van der Waals surface area contributed by atoms with E-state index in [1.807, 2.05) is 6.26 Å². The number of halogens is 4. The van der Waals surface area contributed by atoms with E-state index in [4.69, 9.17) is 0 Å². The molecule has 0 spiro atoms. The van der Waals surface area contributed by atoms with Gasteiger partial charge in [0, 0.05) is 43.0 Å². The summed E-state index contributed by atoms with van der Waals surface area (Å²) in [5.41, 5.74) is -2.61. The summed E-state index contributed by atoms with van der Waals surface area (Å²) in [6, 6.07) is 2.47. The number of aromatic amines is 1. The lowest BCUT2D eigenvalue weighted by Crippen LogP contribution is -2.25. The molecule has 3 rings (SSSR count). The van der Waals surface area contributed by atoms with E-state index in [0.717, 1.165) is 17.2 Å². The second kappa shape index (κ2) is 12.4. The van der Waals surface area contributed by atoms with Crippen LogP contribution in [-0.4, -0.2) is 64.1 Å². The van der Waals surface area contributed by atoms with Crippen LogP contribution >= 0.6 is 11.8 Å². The summed E-state index contributed by atoms with van der Waals surface area (Å²) in [4.78, 5) is 38.1. The number of H-pyrrole nitrogens is 1. The highest BCUT2D eigenvalue weighted by molar-refractivity contribution is 7.98. The van der Waals surface area contributed by atoms with Gasteiger partial charge in [-0.15, -0.1) is 11.8 Å². The number of nitrogens with one attached hydrogen (secondary N) is 2. The molecule has 0 aliphatic heterocycles. The molecule has 3 aromatic rings. The van der Waals surface area contributed by atoms with Gasteiger partial charge in [-0.05, 0) is 31.2 Å². The molecule has 0 amide bonds. The van der Waals surface area contributed by atoms with Crippen LogP contribution in [0.5, 0.6) is 0 Å². The van der Waals surface area contributed by atoms with Gasteiger partial charge in [-0.3, -0.25) is 9.59 Å². The Morgan fingerprint density at radius 2 is 1.92 bits per heavy atom. The molecule has 196 valence electrons. The molecular weight excluding hydrogens is 514 g/mol. The molecule has 37 heavy (non-hydrogen) atoms. The number of aldehydes is 1. The second-order valence-corrected chi connectivity index (χ2v) is 8.68.